The Balaban J connectivity index is 1.54. The van der Waals surface area contributed by atoms with Gasteiger partial charge in [-0.05, 0) is 42.3 Å². The van der Waals surface area contributed by atoms with E-state index in [0.29, 0.717) is 31.7 Å². The Morgan fingerprint density at radius 3 is 2.53 bits per heavy atom. The molecule has 0 saturated carbocycles. The molecule has 0 radical (unpaired) electrons. The highest BCUT2D eigenvalue weighted by Gasteiger charge is 2.42. The molecule has 1 amide bonds. The summed E-state index contributed by atoms with van der Waals surface area (Å²) in [6.45, 7) is 4.17. The Morgan fingerprint density at radius 1 is 0.969 bits per heavy atom. The second-order valence-electron chi connectivity index (χ2n) is 8.08. The molecule has 3 heterocycles. The average Bonchev–Trinajstić information content (AvgIpc) is 3.07. The van der Waals surface area contributed by atoms with Crippen molar-refractivity contribution in [2.24, 2.45) is 0 Å². The molecule has 6 nitrogen and oxygen atoms in total. The highest BCUT2D eigenvalue weighted by molar-refractivity contribution is 5.99. The zero-order chi connectivity index (χ0) is 22.2. The Kier molecular flexibility index (Phi) is 5.48. The highest BCUT2D eigenvalue weighted by Crippen LogP contribution is 2.38. The second-order valence-corrected chi connectivity index (χ2v) is 8.08. The Labute approximate surface area is 183 Å². The summed E-state index contributed by atoms with van der Waals surface area (Å²) >= 11 is 0. The van der Waals surface area contributed by atoms with Crippen molar-refractivity contribution in [1.29, 1.82) is 0 Å². The van der Waals surface area contributed by atoms with Gasteiger partial charge in [0.25, 0.3) is 5.91 Å². The monoisotopic (exact) mass is 440 g/mol. The van der Waals surface area contributed by atoms with Crippen LogP contribution in [-0.2, 0) is 4.74 Å². The van der Waals surface area contributed by atoms with Crippen molar-refractivity contribution in [1.82, 2.24) is 9.80 Å². The van der Waals surface area contributed by atoms with E-state index in [2.05, 4.69) is 4.90 Å². The van der Waals surface area contributed by atoms with E-state index in [4.69, 9.17) is 9.15 Å². The molecule has 1 unspecified atom stereocenters. The Morgan fingerprint density at radius 2 is 1.75 bits per heavy atom. The zero-order valence-electron chi connectivity index (χ0n) is 17.4. The maximum atomic E-state index is 14.0. The molecule has 1 saturated heterocycles. The van der Waals surface area contributed by atoms with Crippen molar-refractivity contribution in [3.05, 3.63) is 81.2 Å². The average molecular weight is 440 g/mol. The van der Waals surface area contributed by atoms with Crippen LogP contribution in [0.5, 0.6) is 0 Å². The van der Waals surface area contributed by atoms with Gasteiger partial charge in [-0.25, -0.2) is 8.78 Å². The van der Waals surface area contributed by atoms with E-state index in [1.54, 1.807) is 17.0 Å². The van der Waals surface area contributed by atoms with Gasteiger partial charge in [0.05, 0.1) is 30.2 Å². The first kappa shape index (κ1) is 20.8. The fraction of sp³-hybridized carbons (Fsp3) is 0.333. The summed E-state index contributed by atoms with van der Waals surface area (Å²) in [7, 11) is 0. The van der Waals surface area contributed by atoms with E-state index in [-0.39, 0.29) is 22.3 Å². The number of fused-ring (bicyclic) bond motifs is 2. The van der Waals surface area contributed by atoms with Gasteiger partial charge in [-0.3, -0.25) is 14.5 Å². The first-order valence-electron chi connectivity index (χ1n) is 10.7. The van der Waals surface area contributed by atoms with Crippen molar-refractivity contribution in [2.45, 2.75) is 12.5 Å². The number of rotatable bonds is 5. The van der Waals surface area contributed by atoms with E-state index in [1.165, 1.54) is 24.3 Å². The third kappa shape index (κ3) is 3.69. The fourth-order valence-electron chi connectivity index (χ4n) is 4.54. The maximum absolute atomic E-state index is 14.0. The predicted octanol–water partition coefficient (Wildman–Crippen LogP) is 3.34. The van der Waals surface area contributed by atoms with Gasteiger partial charge in [0.2, 0.25) is 5.76 Å². The second kappa shape index (κ2) is 8.44. The summed E-state index contributed by atoms with van der Waals surface area (Å²) in [6, 6.07) is 8.69. The smallest absolute Gasteiger partial charge is 0.290 e. The molecule has 2 aliphatic rings. The van der Waals surface area contributed by atoms with Crippen molar-refractivity contribution < 1.29 is 22.7 Å². The largest absolute Gasteiger partial charge is 0.450 e. The number of carbonyl (C=O) groups excluding carboxylic acids is 1. The van der Waals surface area contributed by atoms with Crippen LogP contribution in [0.4, 0.5) is 8.78 Å². The molecule has 0 N–H and O–H groups in total. The zero-order valence-corrected chi connectivity index (χ0v) is 17.4. The van der Waals surface area contributed by atoms with E-state index in [0.717, 1.165) is 25.7 Å². The van der Waals surface area contributed by atoms with Crippen LogP contribution in [-0.4, -0.2) is 55.1 Å². The van der Waals surface area contributed by atoms with E-state index in [9.17, 15) is 18.4 Å². The van der Waals surface area contributed by atoms with Crippen molar-refractivity contribution >= 4 is 16.9 Å². The summed E-state index contributed by atoms with van der Waals surface area (Å²) in [5.74, 6) is -1.51. The maximum Gasteiger partial charge on any atom is 0.290 e. The summed E-state index contributed by atoms with van der Waals surface area (Å²) in [6.07, 6.45) is 0.674. The molecule has 2 aromatic carbocycles. The first-order valence-corrected chi connectivity index (χ1v) is 10.7. The van der Waals surface area contributed by atoms with Crippen molar-refractivity contribution in [3.63, 3.8) is 0 Å². The highest BCUT2D eigenvalue weighted by atomic mass is 19.1. The van der Waals surface area contributed by atoms with Gasteiger partial charge in [0.1, 0.15) is 17.2 Å². The van der Waals surface area contributed by atoms with Crippen LogP contribution in [0.25, 0.3) is 11.0 Å². The van der Waals surface area contributed by atoms with Gasteiger partial charge in [-0.2, -0.15) is 0 Å². The quantitative estimate of drug-likeness (QED) is 0.609. The SMILES string of the molecule is O=C1c2oc3ccc(F)cc3c(=O)c2C(c2cccc(F)c2)N1CCCN1CCOCC1. The molecule has 1 atom stereocenters. The minimum absolute atomic E-state index is 0.0604. The van der Waals surface area contributed by atoms with Gasteiger partial charge in [-0.1, -0.05) is 12.1 Å². The molecule has 0 spiro atoms. The molecule has 3 aromatic rings. The van der Waals surface area contributed by atoms with Crippen LogP contribution in [0.1, 0.15) is 34.1 Å². The van der Waals surface area contributed by atoms with Gasteiger partial charge in [0.15, 0.2) is 5.43 Å². The van der Waals surface area contributed by atoms with Gasteiger partial charge < -0.3 is 14.1 Å². The number of ether oxygens (including phenoxy) is 1. The standard InChI is InChI=1S/C24H22F2N2O4/c25-16-4-1-3-15(13-16)21-20-22(29)18-14-17(26)5-6-19(18)32-23(20)24(30)28(21)8-2-7-27-9-11-31-12-10-27/h1,3-6,13-14,21H,2,7-12H2. The van der Waals surface area contributed by atoms with E-state index in [1.807, 2.05) is 0 Å². The van der Waals surface area contributed by atoms with Crippen LogP contribution < -0.4 is 5.43 Å². The molecule has 0 bridgehead atoms. The number of carbonyl (C=O) groups is 1. The van der Waals surface area contributed by atoms with Gasteiger partial charge in [-0.15, -0.1) is 0 Å². The van der Waals surface area contributed by atoms with Crippen LogP contribution in [0.2, 0.25) is 0 Å². The summed E-state index contributed by atoms with van der Waals surface area (Å²) < 4.78 is 39.0. The third-order valence-corrected chi connectivity index (χ3v) is 6.07. The minimum Gasteiger partial charge on any atom is -0.450 e. The lowest BCUT2D eigenvalue weighted by molar-refractivity contribution is 0.0353. The molecule has 8 heteroatoms. The molecular weight excluding hydrogens is 418 g/mol. The molecule has 166 valence electrons. The molecule has 5 rings (SSSR count). The van der Waals surface area contributed by atoms with Crippen molar-refractivity contribution in [2.75, 3.05) is 39.4 Å². The fourth-order valence-corrected chi connectivity index (χ4v) is 4.54. The lowest BCUT2D eigenvalue weighted by atomic mass is 9.98. The van der Waals surface area contributed by atoms with Gasteiger partial charge >= 0.3 is 0 Å². The van der Waals surface area contributed by atoms with Crippen molar-refractivity contribution in [3.8, 4) is 0 Å². The molecule has 1 aromatic heterocycles. The molecule has 1 fully saturated rings. The number of amides is 1. The number of hydrogen-bond acceptors (Lipinski definition) is 5. The number of hydrogen-bond donors (Lipinski definition) is 0. The van der Waals surface area contributed by atoms with Crippen LogP contribution in [0, 0.1) is 11.6 Å². The molecule has 32 heavy (non-hydrogen) atoms. The third-order valence-electron chi connectivity index (χ3n) is 6.07. The van der Waals surface area contributed by atoms with Crippen LogP contribution >= 0.6 is 0 Å². The van der Waals surface area contributed by atoms with Gasteiger partial charge in [0, 0.05) is 26.2 Å². The predicted molar refractivity (Wildman–Crippen MR) is 114 cm³/mol. The lowest BCUT2D eigenvalue weighted by Crippen LogP contribution is -2.38. The minimum atomic E-state index is -0.790. The Hall–Kier alpha value is -3.10. The topological polar surface area (TPSA) is 63.0 Å². The normalized spacial score (nSPS) is 19.0. The van der Waals surface area contributed by atoms with Crippen LogP contribution in [0.3, 0.4) is 0 Å². The summed E-state index contributed by atoms with van der Waals surface area (Å²) in [4.78, 5) is 30.4. The first-order chi connectivity index (χ1) is 15.5. The molecule has 0 aliphatic carbocycles. The van der Waals surface area contributed by atoms with E-state index >= 15 is 0 Å². The number of nitrogens with zero attached hydrogens (tertiary/aromatic N) is 2. The molecule has 2 aliphatic heterocycles. The summed E-state index contributed by atoms with van der Waals surface area (Å²) in [5.41, 5.74) is 0.285. The lowest BCUT2D eigenvalue weighted by Gasteiger charge is -2.29. The summed E-state index contributed by atoms with van der Waals surface area (Å²) in [5, 5.41) is 0.0631. The molecular formula is C24H22F2N2O4. The number of halogens is 2. The van der Waals surface area contributed by atoms with E-state index < -0.39 is 29.0 Å². The number of morpholine rings is 1. The number of benzene rings is 2. The Bertz CT molecular complexity index is 1240. The van der Waals surface area contributed by atoms with Crippen LogP contribution in [0.15, 0.2) is 51.7 Å².